The number of hydrogen-bond acceptors (Lipinski definition) is 4. The van der Waals surface area contributed by atoms with Gasteiger partial charge in [0.15, 0.2) is 0 Å². The van der Waals surface area contributed by atoms with Crippen LogP contribution < -0.4 is 0 Å². The summed E-state index contributed by atoms with van der Waals surface area (Å²) in [5.41, 5.74) is 1.22. The smallest absolute Gasteiger partial charge is 0.249 e. The zero-order valence-electron chi connectivity index (χ0n) is 14.3. The van der Waals surface area contributed by atoms with Gasteiger partial charge >= 0.3 is 0 Å². The molecule has 5 heteroatoms. The van der Waals surface area contributed by atoms with Crippen molar-refractivity contribution < 1.29 is 14.6 Å². The number of amides is 1. The summed E-state index contributed by atoms with van der Waals surface area (Å²) in [4.78, 5) is 16.4. The maximum Gasteiger partial charge on any atom is 0.249 e. The number of β-amino-alcohol motifs (C(OH)–C–C–N with tert-alkyl or cyclic N) is 1. The standard InChI is InChI=1S/C19H26N2O3/c1-20(18(22)17-7-11-24-12-8-17)14-19(23)9-10-21(15-19)13-16-5-3-2-4-6-16/h2-7,23H,8-15H2,1H3. The van der Waals surface area contributed by atoms with Gasteiger partial charge in [0, 0.05) is 38.7 Å². The van der Waals surface area contributed by atoms with Gasteiger partial charge in [-0.15, -0.1) is 0 Å². The lowest BCUT2D eigenvalue weighted by Gasteiger charge is -2.30. The third-order valence-electron chi connectivity index (χ3n) is 4.78. The molecule has 1 saturated heterocycles. The first-order valence-corrected chi connectivity index (χ1v) is 8.57. The van der Waals surface area contributed by atoms with E-state index in [4.69, 9.17) is 4.74 Å². The van der Waals surface area contributed by atoms with Gasteiger partial charge in [-0.25, -0.2) is 0 Å². The average molecular weight is 330 g/mol. The monoisotopic (exact) mass is 330 g/mol. The highest BCUT2D eigenvalue weighted by atomic mass is 16.5. The molecule has 5 nitrogen and oxygen atoms in total. The predicted octanol–water partition coefficient (Wildman–Crippen LogP) is 1.43. The minimum Gasteiger partial charge on any atom is -0.387 e. The number of likely N-dealkylation sites (tertiary alicyclic amines) is 1. The van der Waals surface area contributed by atoms with Crippen LogP contribution in [0.25, 0.3) is 0 Å². The number of carbonyl (C=O) groups is 1. The molecule has 0 spiro atoms. The van der Waals surface area contributed by atoms with E-state index >= 15 is 0 Å². The number of nitrogens with zero attached hydrogens (tertiary/aromatic N) is 2. The fourth-order valence-corrected chi connectivity index (χ4v) is 3.53. The van der Waals surface area contributed by atoms with Gasteiger partial charge in [0.1, 0.15) is 0 Å². The van der Waals surface area contributed by atoms with E-state index < -0.39 is 5.60 Å². The van der Waals surface area contributed by atoms with Gasteiger partial charge in [-0.1, -0.05) is 36.4 Å². The van der Waals surface area contributed by atoms with Crippen LogP contribution in [0.1, 0.15) is 18.4 Å². The molecule has 0 saturated carbocycles. The zero-order chi connectivity index (χ0) is 17.0. The molecule has 130 valence electrons. The Kier molecular flexibility index (Phi) is 5.33. The number of rotatable bonds is 5. The van der Waals surface area contributed by atoms with Gasteiger partial charge in [0.2, 0.25) is 5.91 Å². The van der Waals surface area contributed by atoms with Crippen LogP contribution in [0.15, 0.2) is 42.0 Å². The Morgan fingerprint density at radius 3 is 2.88 bits per heavy atom. The molecule has 1 N–H and O–H groups in total. The lowest BCUT2D eigenvalue weighted by molar-refractivity contribution is -0.129. The summed E-state index contributed by atoms with van der Waals surface area (Å²) in [6.07, 6.45) is 3.20. The molecule has 2 aliphatic heterocycles. The molecule has 0 aromatic heterocycles. The summed E-state index contributed by atoms with van der Waals surface area (Å²) in [5.74, 6) is 0.00762. The number of carbonyl (C=O) groups excluding carboxylic acids is 1. The Labute approximate surface area is 143 Å². The fourth-order valence-electron chi connectivity index (χ4n) is 3.53. The molecule has 1 amide bonds. The molecule has 24 heavy (non-hydrogen) atoms. The first-order valence-electron chi connectivity index (χ1n) is 8.57. The fraction of sp³-hybridized carbons (Fsp3) is 0.526. The summed E-state index contributed by atoms with van der Waals surface area (Å²) < 4.78 is 5.25. The van der Waals surface area contributed by atoms with E-state index in [1.54, 1.807) is 11.9 Å². The first-order chi connectivity index (χ1) is 11.6. The van der Waals surface area contributed by atoms with Crippen LogP contribution in [0.2, 0.25) is 0 Å². The largest absolute Gasteiger partial charge is 0.387 e. The predicted molar refractivity (Wildman–Crippen MR) is 92.4 cm³/mol. The molecular weight excluding hydrogens is 304 g/mol. The lowest BCUT2D eigenvalue weighted by atomic mass is 10.0. The van der Waals surface area contributed by atoms with E-state index in [-0.39, 0.29) is 5.91 Å². The average Bonchev–Trinajstić information content (AvgIpc) is 2.96. The third-order valence-corrected chi connectivity index (χ3v) is 4.78. The second-order valence-corrected chi connectivity index (χ2v) is 6.89. The Bertz CT molecular complexity index is 602. The molecule has 1 fully saturated rings. The third kappa shape index (κ3) is 4.23. The lowest BCUT2D eigenvalue weighted by Crippen LogP contribution is -2.46. The molecule has 2 aliphatic rings. The SMILES string of the molecule is CN(CC1(O)CCN(Cc2ccccc2)C1)C(=O)C1=CCOCC1. The molecule has 3 rings (SSSR count). The van der Waals surface area contributed by atoms with E-state index in [0.717, 1.165) is 18.7 Å². The summed E-state index contributed by atoms with van der Waals surface area (Å²) in [6, 6.07) is 10.3. The Hall–Kier alpha value is -1.69. The van der Waals surface area contributed by atoms with E-state index in [1.165, 1.54) is 5.56 Å². The van der Waals surface area contributed by atoms with Crippen LogP contribution >= 0.6 is 0 Å². The number of aliphatic hydroxyl groups is 1. The molecule has 1 atom stereocenters. The summed E-state index contributed by atoms with van der Waals surface area (Å²) in [5, 5.41) is 10.9. The minimum atomic E-state index is -0.828. The van der Waals surface area contributed by atoms with Crippen molar-refractivity contribution in [3.63, 3.8) is 0 Å². The molecule has 1 aromatic carbocycles. The van der Waals surface area contributed by atoms with Gasteiger partial charge in [-0.05, 0) is 12.0 Å². The zero-order valence-corrected chi connectivity index (χ0v) is 14.3. The van der Waals surface area contributed by atoms with Crippen molar-refractivity contribution in [2.75, 3.05) is 39.9 Å². The van der Waals surface area contributed by atoms with Crippen molar-refractivity contribution >= 4 is 5.91 Å². The van der Waals surface area contributed by atoms with Gasteiger partial charge in [0.05, 0.1) is 25.4 Å². The summed E-state index contributed by atoms with van der Waals surface area (Å²) >= 11 is 0. The van der Waals surface area contributed by atoms with Crippen molar-refractivity contribution in [2.45, 2.75) is 25.0 Å². The van der Waals surface area contributed by atoms with E-state index in [2.05, 4.69) is 17.0 Å². The Morgan fingerprint density at radius 2 is 2.17 bits per heavy atom. The molecular formula is C19H26N2O3. The van der Waals surface area contributed by atoms with Gasteiger partial charge in [-0.2, -0.15) is 0 Å². The highest BCUT2D eigenvalue weighted by molar-refractivity contribution is 5.93. The van der Waals surface area contributed by atoms with Gasteiger partial charge in [0.25, 0.3) is 0 Å². The highest BCUT2D eigenvalue weighted by Crippen LogP contribution is 2.24. The maximum absolute atomic E-state index is 12.5. The Balaban J connectivity index is 1.54. The van der Waals surface area contributed by atoms with Crippen molar-refractivity contribution in [3.8, 4) is 0 Å². The van der Waals surface area contributed by atoms with E-state index in [1.807, 2.05) is 24.3 Å². The number of likely N-dealkylation sites (N-methyl/N-ethyl adjacent to an activating group) is 1. The van der Waals surface area contributed by atoms with Gasteiger partial charge in [-0.3, -0.25) is 9.69 Å². The molecule has 0 bridgehead atoms. The van der Waals surface area contributed by atoms with Crippen molar-refractivity contribution in [3.05, 3.63) is 47.5 Å². The summed E-state index contributed by atoms with van der Waals surface area (Å²) in [7, 11) is 1.77. The van der Waals surface area contributed by atoms with E-state index in [0.29, 0.717) is 39.1 Å². The normalized spacial score (nSPS) is 24.7. The van der Waals surface area contributed by atoms with Crippen LogP contribution in [-0.2, 0) is 16.1 Å². The molecule has 1 aromatic rings. The second kappa shape index (κ2) is 7.47. The number of ether oxygens (including phenoxy) is 1. The molecule has 2 heterocycles. The number of benzene rings is 1. The minimum absolute atomic E-state index is 0.00762. The number of hydrogen-bond donors (Lipinski definition) is 1. The van der Waals surface area contributed by atoms with E-state index in [9.17, 15) is 9.90 Å². The second-order valence-electron chi connectivity index (χ2n) is 6.89. The van der Waals surface area contributed by atoms with Crippen molar-refractivity contribution in [1.29, 1.82) is 0 Å². The maximum atomic E-state index is 12.5. The van der Waals surface area contributed by atoms with Crippen LogP contribution in [-0.4, -0.2) is 66.3 Å². The van der Waals surface area contributed by atoms with Crippen LogP contribution in [0.4, 0.5) is 0 Å². The quantitative estimate of drug-likeness (QED) is 0.887. The molecule has 0 radical (unpaired) electrons. The van der Waals surface area contributed by atoms with Crippen LogP contribution in [0.5, 0.6) is 0 Å². The molecule has 1 unspecified atom stereocenters. The van der Waals surface area contributed by atoms with Crippen molar-refractivity contribution in [1.82, 2.24) is 9.80 Å². The summed E-state index contributed by atoms with van der Waals surface area (Å²) in [6.45, 7) is 3.76. The van der Waals surface area contributed by atoms with Gasteiger partial charge < -0.3 is 14.7 Å². The van der Waals surface area contributed by atoms with Crippen LogP contribution in [0, 0.1) is 0 Å². The Morgan fingerprint density at radius 1 is 1.38 bits per heavy atom. The first kappa shape index (κ1) is 17.1. The van der Waals surface area contributed by atoms with Crippen LogP contribution in [0.3, 0.4) is 0 Å². The molecule has 0 aliphatic carbocycles. The topological polar surface area (TPSA) is 53.0 Å². The van der Waals surface area contributed by atoms with Crippen molar-refractivity contribution in [2.24, 2.45) is 0 Å². The highest BCUT2D eigenvalue weighted by Gasteiger charge is 2.38.